The molecule has 3 atom stereocenters. The number of benzene rings is 2. The highest BCUT2D eigenvalue weighted by Gasteiger charge is 2.49. The molecule has 2 aliphatic rings. The van der Waals surface area contributed by atoms with Gasteiger partial charge in [-0.3, -0.25) is 4.90 Å². The van der Waals surface area contributed by atoms with Crippen LogP contribution in [0.3, 0.4) is 0 Å². The monoisotopic (exact) mass is 472 g/mol. The Morgan fingerprint density at radius 3 is 2.47 bits per heavy atom. The van der Waals surface area contributed by atoms with Crippen molar-refractivity contribution < 1.29 is 23.0 Å². The average molecular weight is 473 g/mol. The van der Waals surface area contributed by atoms with E-state index in [0.29, 0.717) is 13.1 Å². The van der Waals surface area contributed by atoms with Gasteiger partial charge in [-0.25, -0.2) is 0 Å². The molecule has 2 aliphatic heterocycles. The molecule has 2 aromatic carbocycles. The van der Waals surface area contributed by atoms with Crippen LogP contribution in [0.5, 0.6) is 5.75 Å². The van der Waals surface area contributed by atoms with Gasteiger partial charge in [-0.1, -0.05) is 36.1 Å². The summed E-state index contributed by atoms with van der Waals surface area (Å²) in [6.45, 7) is 2.23. The van der Waals surface area contributed by atoms with Gasteiger partial charge in [0.15, 0.2) is 0 Å². The molecule has 7 heteroatoms. The number of halogens is 3. The number of hydrogen-bond acceptors (Lipinski definition) is 4. The van der Waals surface area contributed by atoms with E-state index in [2.05, 4.69) is 16.7 Å². The van der Waals surface area contributed by atoms with Gasteiger partial charge in [-0.05, 0) is 55.8 Å². The third-order valence-corrected chi connectivity index (χ3v) is 6.91. The molecule has 0 aliphatic carbocycles. The summed E-state index contributed by atoms with van der Waals surface area (Å²) in [6, 6.07) is 15.7. The minimum absolute atomic E-state index is 0.00178. The summed E-state index contributed by atoms with van der Waals surface area (Å²) >= 11 is 0. The largest absolute Gasteiger partial charge is 0.495 e. The van der Waals surface area contributed by atoms with E-state index in [1.54, 1.807) is 7.11 Å². The Kier molecular flexibility index (Phi) is 7.82. The number of aliphatic hydroxyl groups excluding tert-OH is 1. The molecule has 2 saturated heterocycles. The van der Waals surface area contributed by atoms with Crippen molar-refractivity contribution in [2.75, 3.05) is 39.9 Å². The fourth-order valence-corrected chi connectivity index (χ4v) is 5.18. The summed E-state index contributed by atoms with van der Waals surface area (Å²) in [5.74, 6) is 7.14. The first-order valence-corrected chi connectivity index (χ1v) is 11.8. The zero-order valence-corrected chi connectivity index (χ0v) is 19.4. The predicted molar refractivity (Wildman–Crippen MR) is 126 cm³/mol. The van der Waals surface area contributed by atoms with Crippen LogP contribution in [0.15, 0.2) is 48.5 Å². The lowest BCUT2D eigenvalue weighted by Crippen LogP contribution is -2.67. The van der Waals surface area contributed by atoms with E-state index < -0.39 is 12.6 Å². The van der Waals surface area contributed by atoms with Crippen molar-refractivity contribution in [3.05, 3.63) is 65.2 Å². The molecule has 4 rings (SSSR count). The molecule has 2 heterocycles. The van der Waals surface area contributed by atoms with Gasteiger partial charge in [-0.2, -0.15) is 13.2 Å². The van der Waals surface area contributed by atoms with Crippen LogP contribution in [-0.4, -0.2) is 73.1 Å². The maximum atomic E-state index is 12.8. The van der Waals surface area contributed by atoms with Crippen LogP contribution in [0.2, 0.25) is 0 Å². The van der Waals surface area contributed by atoms with E-state index in [4.69, 9.17) is 4.74 Å². The van der Waals surface area contributed by atoms with E-state index in [1.165, 1.54) is 0 Å². The van der Waals surface area contributed by atoms with Gasteiger partial charge in [0, 0.05) is 36.7 Å². The molecule has 0 spiro atoms. The SMILES string of the molecule is COc1ccccc1C#Cc1ccc([C@@H]2[C@@H](CO)N3CCCCN(CCC(F)(F)F)C[C@H]23)cc1. The first kappa shape index (κ1) is 24.6. The number of nitrogens with zero attached hydrogens (tertiary/aromatic N) is 2. The van der Waals surface area contributed by atoms with Gasteiger partial charge >= 0.3 is 6.18 Å². The van der Waals surface area contributed by atoms with Crippen molar-refractivity contribution in [1.29, 1.82) is 0 Å². The average Bonchev–Trinajstić information content (AvgIpc) is 2.81. The minimum Gasteiger partial charge on any atom is -0.495 e. The van der Waals surface area contributed by atoms with E-state index in [0.717, 1.165) is 41.8 Å². The maximum absolute atomic E-state index is 12.8. The summed E-state index contributed by atoms with van der Waals surface area (Å²) in [4.78, 5) is 4.22. The molecule has 0 bridgehead atoms. The summed E-state index contributed by atoms with van der Waals surface area (Å²) in [5, 5.41) is 10.1. The van der Waals surface area contributed by atoms with Gasteiger partial charge in [0.2, 0.25) is 0 Å². The van der Waals surface area contributed by atoms with Crippen LogP contribution in [0.1, 0.15) is 41.9 Å². The molecule has 0 radical (unpaired) electrons. The Bertz CT molecular complexity index is 1010. The Balaban J connectivity index is 1.49. The Morgan fingerprint density at radius 1 is 1.03 bits per heavy atom. The van der Waals surface area contributed by atoms with Gasteiger partial charge in [0.05, 0.1) is 25.7 Å². The van der Waals surface area contributed by atoms with Crippen LogP contribution in [0.25, 0.3) is 0 Å². The summed E-state index contributed by atoms with van der Waals surface area (Å²) in [5.41, 5.74) is 2.79. The molecule has 0 saturated carbocycles. The van der Waals surface area contributed by atoms with E-state index in [1.807, 2.05) is 53.4 Å². The number of fused-ring (bicyclic) bond motifs is 1. The highest BCUT2D eigenvalue weighted by Crippen LogP contribution is 2.42. The van der Waals surface area contributed by atoms with Gasteiger partial charge in [-0.15, -0.1) is 0 Å². The van der Waals surface area contributed by atoms with Crippen LogP contribution in [0, 0.1) is 11.8 Å². The second-order valence-electron chi connectivity index (χ2n) is 9.03. The fraction of sp³-hybridized carbons (Fsp3) is 0.481. The standard InChI is InChI=1S/C27H31F3N2O2/c1-34-25-7-3-2-6-21(25)11-8-20-9-12-22(13-10-20)26-23-18-31(17-14-27(28,29)30)15-4-5-16-32(23)24(26)19-33/h2-3,6-7,9-10,12-13,23-24,26,33H,4-5,14-19H2,1H3/t23-,24-,26+/m1/s1. The quantitative estimate of drug-likeness (QED) is 0.660. The number of methoxy groups -OCH3 is 1. The molecule has 2 fully saturated rings. The maximum Gasteiger partial charge on any atom is 0.390 e. The van der Waals surface area contributed by atoms with Crippen LogP contribution >= 0.6 is 0 Å². The molecule has 2 aromatic rings. The second-order valence-corrected chi connectivity index (χ2v) is 9.03. The fourth-order valence-electron chi connectivity index (χ4n) is 5.18. The summed E-state index contributed by atoms with van der Waals surface area (Å²) in [7, 11) is 1.62. The zero-order valence-electron chi connectivity index (χ0n) is 19.4. The predicted octanol–water partition coefficient (Wildman–Crippen LogP) is 4.27. The van der Waals surface area contributed by atoms with Crippen LogP contribution in [0.4, 0.5) is 13.2 Å². The molecular weight excluding hydrogens is 441 g/mol. The third kappa shape index (κ3) is 5.75. The summed E-state index contributed by atoms with van der Waals surface area (Å²) < 4.78 is 43.8. The van der Waals surface area contributed by atoms with E-state index in [9.17, 15) is 18.3 Å². The lowest BCUT2D eigenvalue weighted by Gasteiger charge is -2.57. The Morgan fingerprint density at radius 2 is 1.76 bits per heavy atom. The molecule has 4 nitrogen and oxygen atoms in total. The molecule has 34 heavy (non-hydrogen) atoms. The molecule has 1 N–H and O–H groups in total. The second kappa shape index (κ2) is 10.8. The molecule has 0 amide bonds. The van der Waals surface area contributed by atoms with Crippen molar-refractivity contribution in [2.24, 2.45) is 0 Å². The number of hydrogen-bond donors (Lipinski definition) is 1. The first-order valence-electron chi connectivity index (χ1n) is 11.8. The topological polar surface area (TPSA) is 35.9 Å². The smallest absolute Gasteiger partial charge is 0.390 e. The van der Waals surface area contributed by atoms with E-state index in [-0.39, 0.29) is 31.2 Å². The number of rotatable bonds is 5. The summed E-state index contributed by atoms with van der Waals surface area (Å²) in [6.07, 6.45) is -3.12. The number of aliphatic hydroxyl groups is 1. The van der Waals surface area contributed by atoms with Gasteiger partial charge < -0.3 is 14.7 Å². The highest BCUT2D eigenvalue weighted by molar-refractivity contribution is 5.50. The molecule has 0 aromatic heterocycles. The van der Waals surface area contributed by atoms with Crippen LogP contribution < -0.4 is 4.74 Å². The normalized spacial score (nSPS) is 23.6. The Labute approximate surface area is 199 Å². The third-order valence-electron chi connectivity index (χ3n) is 6.91. The molecule has 182 valence electrons. The zero-order chi connectivity index (χ0) is 24.1. The minimum atomic E-state index is -4.14. The number of para-hydroxylation sites is 1. The van der Waals surface area contributed by atoms with Crippen molar-refractivity contribution in [3.63, 3.8) is 0 Å². The van der Waals surface area contributed by atoms with Gasteiger partial charge in [0.1, 0.15) is 5.75 Å². The van der Waals surface area contributed by atoms with E-state index >= 15 is 0 Å². The van der Waals surface area contributed by atoms with Gasteiger partial charge in [0.25, 0.3) is 0 Å². The van der Waals surface area contributed by atoms with Crippen molar-refractivity contribution in [2.45, 2.75) is 43.4 Å². The van der Waals surface area contributed by atoms with Crippen molar-refractivity contribution in [1.82, 2.24) is 9.80 Å². The molecule has 0 unspecified atom stereocenters. The Hall–Kier alpha value is -2.53. The lowest BCUT2D eigenvalue weighted by molar-refractivity contribution is -0.140. The van der Waals surface area contributed by atoms with Crippen molar-refractivity contribution in [3.8, 4) is 17.6 Å². The lowest BCUT2D eigenvalue weighted by atomic mass is 9.74. The van der Waals surface area contributed by atoms with Crippen LogP contribution in [-0.2, 0) is 0 Å². The number of alkyl halides is 3. The van der Waals surface area contributed by atoms with Crippen molar-refractivity contribution >= 4 is 0 Å². The first-order chi connectivity index (χ1) is 16.4. The molecular formula is C27H31F3N2O2. The highest BCUT2D eigenvalue weighted by atomic mass is 19.4. The number of ether oxygens (including phenoxy) is 1.